The highest BCUT2D eigenvalue weighted by Crippen LogP contribution is 2.33. The predicted octanol–water partition coefficient (Wildman–Crippen LogP) is 4.70. The van der Waals surface area contributed by atoms with E-state index in [4.69, 9.17) is 39.5 Å². The zero-order valence-corrected chi connectivity index (χ0v) is 19.9. The second-order valence-electron chi connectivity index (χ2n) is 6.63. The summed E-state index contributed by atoms with van der Waals surface area (Å²) in [6.07, 6.45) is 1.25. The fraction of sp³-hybridized carbons (Fsp3) is 0.350. The van der Waals surface area contributed by atoms with Gasteiger partial charge in [0.25, 0.3) is 0 Å². The number of rotatable bonds is 9. The molecule has 0 heterocycles. The smallest absolute Gasteiger partial charge is 0.244 e. The van der Waals surface area contributed by atoms with Crippen LogP contribution in [-0.2, 0) is 14.8 Å². The largest absolute Gasteiger partial charge is 0.492 e. The van der Waals surface area contributed by atoms with Crippen molar-refractivity contribution in [3.8, 4) is 5.75 Å². The van der Waals surface area contributed by atoms with Gasteiger partial charge in [0.15, 0.2) is 0 Å². The first-order valence-corrected chi connectivity index (χ1v) is 12.1. The molecule has 0 radical (unpaired) electrons. The summed E-state index contributed by atoms with van der Waals surface area (Å²) in [6, 6.07) is 8.77. The molecule has 30 heavy (non-hydrogen) atoms. The molecule has 1 amide bonds. The molecule has 0 aliphatic heterocycles. The van der Waals surface area contributed by atoms with E-state index in [0.717, 1.165) is 16.1 Å². The maximum absolute atomic E-state index is 12.8. The molecule has 2 aromatic carbocycles. The number of halogens is 3. The van der Waals surface area contributed by atoms with Crippen molar-refractivity contribution >= 4 is 56.4 Å². The Morgan fingerprint density at radius 2 is 1.83 bits per heavy atom. The average Bonchev–Trinajstić information content (AvgIpc) is 2.67. The van der Waals surface area contributed by atoms with E-state index in [9.17, 15) is 13.2 Å². The van der Waals surface area contributed by atoms with Crippen molar-refractivity contribution in [3.05, 3.63) is 57.0 Å². The molecule has 0 aliphatic rings. The van der Waals surface area contributed by atoms with Crippen LogP contribution in [0.1, 0.15) is 18.9 Å². The summed E-state index contributed by atoms with van der Waals surface area (Å²) >= 11 is 18.3. The normalized spacial score (nSPS) is 12.3. The summed E-state index contributed by atoms with van der Waals surface area (Å²) in [4.78, 5) is 12.8. The number of nitrogens with one attached hydrogen (secondary N) is 1. The van der Waals surface area contributed by atoms with E-state index in [1.54, 1.807) is 25.1 Å². The number of anilines is 1. The van der Waals surface area contributed by atoms with Crippen molar-refractivity contribution in [2.24, 2.45) is 0 Å². The summed E-state index contributed by atoms with van der Waals surface area (Å²) < 4.78 is 31.5. The third-order valence-corrected chi connectivity index (χ3v) is 6.42. The highest BCUT2D eigenvalue weighted by Gasteiger charge is 2.32. The number of carbonyl (C=O) groups excluding carboxylic acids is 1. The summed E-state index contributed by atoms with van der Waals surface area (Å²) in [5.41, 5.74) is 1.09. The second-order valence-corrected chi connectivity index (χ2v) is 9.74. The van der Waals surface area contributed by atoms with Crippen LogP contribution in [0.5, 0.6) is 5.75 Å². The van der Waals surface area contributed by atoms with Crippen molar-refractivity contribution < 1.29 is 17.9 Å². The molecule has 0 aromatic heterocycles. The van der Waals surface area contributed by atoms with Crippen LogP contribution in [-0.4, -0.2) is 39.8 Å². The highest BCUT2D eigenvalue weighted by atomic mass is 35.5. The monoisotopic (exact) mass is 492 g/mol. The van der Waals surface area contributed by atoms with Crippen LogP contribution in [0.15, 0.2) is 36.4 Å². The molecule has 10 heteroatoms. The van der Waals surface area contributed by atoms with Gasteiger partial charge in [-0.05, 0) is 49.2 Å². The third-order valence-electron chi connectivity index (χ3n) is 4.29. The Balaban J connectivity index is 2.10. The molecular formula is C20H23Cl3N2O4S. The van der Waals surface area contributed by atoms with E-state index in [0.29, 0.717) is 15.8 Å². The zero-order valence-electron chi connectivity index (χ0n) is 16.8. The number of amides is 1. The Kier molecular flexibility index (Phi) is 8.67. The maximum atomic E-state index is 12.8. The molecule has 0 spiro atoms. The number of aryl methyl sites for hydroxylation is 1. The topological polar surface area (TPSA) is 75.7 Å². The van der Waals surface area contributed by atoms with Crippen LogP contribution in [0.3, 0.4) is 0 Å². The predicted molar refractivity (Wildman–Crippen MR) is 123 cm³/mol. The molecule has 2 aromatic rings. The minimum Gasteiger partial charge on any atom is -0.492 e. The van der Waals surface area contributed by atoms with E-state index >= 15 is 0 Å². The zero-order chi connectivity index (χ0) is 22.5. The number of hydrogen-bond donors (Lipinski definition) is 1. The fourth-order valence-corrected chi connectivity index (χ4v) is 4.63. The first-order chi connectivity index (χ1) is 14.0. The van der Waals surface area contributed by atoms with Gasteiger partial charge >= 0.3 is 0 Å². The molecule has 1 N–H and O–H groups in total. The van der Waals surface area contributed by atoms with Gasteiger partial charge in [0.05, 0.1) is 23.5 Å². The average molecular weight is 494 g/mol. The second kappa shape index (κ2) is 10.6. The lowest BCUT2D eigenvalue weighted by Crippen LogP contribution is -2.50. The van der Waals surface area contributed by atoms with E-state index in [2.05, 4.69) is 5.32 Å². The molecule has 0 saturated carbocycles. The van der Waals surface area contributed by atoms with Gasteiger partial charge in [-0.1, -0.05) is 47.8 Å². The Morgan fingerprint density at radius 3 is 2.43 bits per heavy atom. The van der Waals surface area contributed by atoms with Gasteiger partial charge in [0.1, 0.15) is 18.4 Å². The Labute approximate surface area is 192 Å². The summed E-state index contributed by atoms with van der Waals surface area (Å²) in [5.74, 6) is 0.111. The van der Waals surface area contributed by atoms with Crippen LogP contribution >= 0.6 is 34.8 Å². The molecule has 1 unspecified atom stereocenters. The SMILES string of the molecule is CCC(C(=O)NCCOc1ccc(C)c(Cl)c1)N(c1cc(Cl)ccc1Cl)S(C)(=O)=O. The van der Waals surface area contributed by atoms with E-state index < -0.39 is 22.0 Å². The van der Waals surface area contributed by atoms with Gasteiger partial charge in [-0.3, -0.25) is 9.10 Å². The first-order valence-electron chi connectivity index (χ1n) is 9.15. The molecule has 2 rings (SSSR count). The van der Waals surface area contributed by atoms with Gasteiger partial charge in [-0.2, -0.15) is 0 Å². The molecule has 0 fully saturated rings. The van der Waals surface area contributed by atoms with Crippen molar-refractivity contribution in [2.45, 2.75) is 26.3 Å². The minimum absolute atomic E-state index is 0.152. The number of nitrogens with zero attached hydrogens (tertiary/aromatic N) is 1. The Bertz CT molecular complexity index is 1020. The van der Waals surface area contributed by atoms with Crippen molar-refractivity contribution in [1.29, 1.82) is 0 Å². The lowest BCUT2D eigenvalue weighted by molar-refractivity contribution is -0.122. The molecule has 164 valence electrons. The standard InChI is InChI=1S/C20H23Cl3N2O4S/c1-4-18(25(30(3,27)28)19-11-14(21)6-8-16(19)22)20(26)24-9-10-29-15-7-5-13(2)17(23)12-15/h5-8,11-12,18H,4,9-10H2,1-3H3,(H,24,26). The van der Waals surface area contributed by atoms with Crippen LogP contribution in [0.25, 0.3) is 0 Å². The summed E-state index contributed by atoms with van der Waals surface area (Å²) in [6.45, 7) is 3.97. The number of carbonyl (C=O) groups is 1. The molecule has 6 nitrogen and oxygen atoms in total. The number of ether oxygens (including phenoxy) is 1. The summed E-state index contributed by atoms with van der Waals surface area (Å²) in [5, 5.41) is 3.78. The Hall–Kier alpha value is -1.67. The van der Waals surface area contributed by atoms with Crippen molar-refractivity contribution in [2.75, 3.05) is 23.7 Å². The van der Waals surface area contributed by atoms with Gasteiger partial charge < -0.3 is 10.1 Å². The highest BCUT2D eigenvalue weighted by molar-refractivity contribution is 7.92. The minimum atomic E-state index is -3.81. The summed E-state index contributed by atoms with van der Waals surface area (Å²) in [7, 11) is -3.81. The van der Waals surface area contributed by atoms with Gasteiger partial charge in [0.2, 0.25) is 15.9 Å². The first kappa shape index (κ1) is 24.6. The van der Waals surface area contributed by atoms with E-state index in [1.807, 2.05) is 13.0 Å². The van der Waals surface area contributed by atoms with Crippen molar-refractivity contribution in [3.63, 3.8) is 0 Å². The molecule has 0 aliphatic carbocycles. The van der Waals surface area contributed by atoms with Gasteiger partial charge in [-0.15, -0.1) is 0 Å². The molecular weight excluding hydrogens is 471 g/mol. The number of benzene rings is 2. The van der Waals surface area contributed by atoms with Crippen LogP contribution in [0.2, 0.25) is 15.1 Å². The number of sulfonamides is 1. The molecule has 0 saturated heterocycles. The molecule has 1 atom stereocenters. The van der Waals surface area contributed by atoms with Crippen molar-refractivity contribution in [1.82, 2.24) is 5.32 Å². The number of hydrogen-bond acceptors (Lipinski definition) is 4. The van der Waals surface area contributed by atoms with Gasteiger partial charge in [0, 0.05) is 10.0 Å². The van der Waals surface area contributed by atoms with Crippen LogP contribution in [0.4, 0.5) is 5.69 Å². The fourth-order valence-electron chi connectivity index (χ4n) is 2.81. The maximum Gasteiger partial charge on any atom is 0.244 e. The van der Waals surface area contributed by atoms with Gasteiger partial charge in [-0.25, -0.2) is 8.42 Å². The molecule has 0 bridgehead atoms. The van der Waals surface area contributed by atoms with Crippen LogP contribution in [0, 0.1) is 6.92 Å². The quantitative estimate of drug-likeness (QED) is 0.514. The Morgan fingerprint density at radius 1 is 1.13 bits per heavy atom. The third kappa shape index (κ3) is 6.41. The van der Waals surface area contributed by atoms with E-state index in [1.165, 1.54) is 12.1 Å². The van der Waals surface area contributed by atoms with E-state index in [-0.39, 0.29) is 30.3 Å². The lowest BCUT2D eigenvalue weighted by atomic mass is 10.2. The lowest BCUT2D eigenvalue weighted by Gasteiger charge is -2.30. The van der Waals surface area contributed by atoms with Crippen LogP contribution < -0.4 is 14.4 Å².